The molecule has 49 heavy (non-hydrogen) atoms. The molecule has 11 nitrogen and oxygen atoms in total. The number of benzene rings is 3. The first-order valence-corrected chi connectivity index (χ1v) is 17.8. The maximum absolute atomic E-state index is 13.9. The van der Waals surface area contributed by atoms with Crippen molar-refractivity contribution in [1.82, 2.24) is 19.9 Å². The minimum atomic E-state index is -3.91. The Bertz CT molecular complexity index is 1720. The largest absolute Gasteiger partial charge is 0.505 e. The summed E-state index contributed by atoms with van der Waals surface area (Å²) in [4.78, 5) is 31.4. The second-order valence-electron chi connectivity index (χ2n) is 12.3. The maximum atomic E-state index is 13.9. The Labute approximate surface area is 288 Å². The number of carbonyl (C=O) groups excluding carboxylic acids is 2. The number of rotatable bonds is 17. The van der Waals surface area contributed by atoms with E-state index in [4.69, 9.17) is 5.73 Å². The van der Waals surface area contributed by atoms with E-state index in [9.17, 15) is 28.2 Å². The molecule has 0 spiro atoms. The fourth-order valence-electron chi connectivity index (χ4n) is 5.71. The van der Waals surface area contributed by atoms with Gasteiger partial charge in [-0.25, -0.2) is 13.4 Å². The first kappa shape index (κ1) is 37.0. The number of aliphatic hydroxyl groups excluding tert-OH is 1. The van der Waals surface area contributed by atoms with E-state index in [1.54, 1.807) is 0 Å². The molecule has 4 rings (SSSR count). The topological polar surface area (TPSA) is 175 Å². The number of nitrogens with zero attached hydrogens (tertiary/aromatic N) is 2. The maximum Gasteiger partial charge on any atom is 0.274 e. The molecule has 0 saturated carbocycles. The van der Waals surface area contributed by atoms with E-state index >= 15 is 0 Å². The molecule has 2 amide bonds. The van der Waals surface area contributed by atoms with E-state index in [0.717, 1.165) is 11.1 Å². The monoisotopic (exact) mass is 687 g/mol. The molecule has 0 aliphatic rings. The van der Waals surface area contributed by atoms with Gasteiger partial charge in [0.25, 0.3) is 5.91 Å². The molecule has 6 N–H and O–H groups in total. The number of nitrogens with one attached hydrogen (secondary N) is 2. The standard InChI is InChI=1S/C37H45N5O6S/c1-26(2)24-42(49(47,48)31-20-18-29(38)19-21-31)30(25-43)16-9-10-22-40-36(45)35(41-37(46)34-32(44)17-11-23-39-34)33(27-12-5-3-6-13-27)28-14-7-4-8-15-28/h3-8,11-15,17-21,23,26,30,33,35,43-44H,9-10,16,22,24-25,38H2,1-2H3,(H,40,45)(H,41,46)/t30-,35-/m0/s1. The van der Waals surface area contributed by atoms with Crippen molar-refractivity contribution >= 4 is 27.5 Å². The normalized spacial score (nSPS) is 12.9. The summed E-state index contributed by atoms with van der Waals surface area (Å²) >= 11 is 0. The summed E-state index contributed by atoms with van der Waals surface area (Å²) in [6.45, 7) is 3.93. The Morgan fingerprint density at radius 1 is 0.878 bits per heavy atom. The minimum Gasteiger partial charge on any atom is -0.505 e. The Morgan fingerprint density at radius 3 is 2.04 bits per heavy atom. The Hall–Kier alpha value is -4.78. The van der Waals surface area contributed by atoms with Crippen molar-refractivity contribution in [2.24, 2.45) is 5.92 Å². The summed E-state index contributed by atoms with van der Waals surface area (Å²) in [6, 6.07) is 25.8. The van der Waals surface area contributed by atoms with Gasteiger partial charge >= 0.3 is 0 Å². The quantitative estimate of drug-likeness (QED) is 0.0807. The molecular formula is C37H45N5O6S. The average molecular weight is 688 g/mol. The SMILES string of the molecule is CC(C)CN([C@H](CO)CCCCNC(=O)[C@@H](NC(=O)c1ncccc1O)C(c1ccccc1)c1ccccc1)S(=O)(=O)c1ccc(N)cc1. The lowest BCUT2D eigenvalue weighted by molar-refractivity contribution is -0.123. The summed E-state index contributed by atoms with van der Waals surface area (Å²) < 4.78 is 28.6. The van der Waals surface area contributed by atoms with Crippen LogP contribution in [0, 0.1) is 5.92 Å². The van der Waals surface area contributed by atoms with Gasteiger partial charge in [-0.15, -0.1) is 0 Å². The molecule has 1 aromatic heterocycles. The van der Waals surface area contributed by atoms with Gasteiger partial charge in [0.2, 0.25) is 15.9 Å². The van der Waals surface area contributed by atoms with Crippen molar-refractivity contribution in [3.05, 3.63) is 120 Å². The predicted octanol–water partition coefficient (Wildman–Crippen LogP) is 4.29. The molecule has 0 aliphatic heterocycles. The highest BCUT2D eigenvalue weighted by Crippen LogP contribution is 2.29. The van der Waals surface area contributed by atoms with Gasteiger partial charge in [0.1, 0.15) is 11.8 Å². The second-order valence-corrected chi connectivity index (χ2v) is 14.2. The smallest absolute Gasteiger partial charge is 0.274 e. The van der Waals surface area contributed by atoms with Crippen molar-refractivity contribution in [3.63, 3.8) is 0 Å². The molecule has 0 unspecified atom stereocenters. The van der Waals surface area contributed by atoms with Crippen molar-refractivity contribution < 1.29 is 28.2 Å². The van der Waals surface area contributed by atoms with Gasteiger partial charge in [-0.1, -0.05) is 80.9 Å². The van der Waals surface area contributed by atoms with Gasteiger partial charge in [-0.2, -0.15) is 4.31 Å². The van der Waals surface area contributed by atoms with Crippen LogP contribution in [-0.2, 0) is 14.8 Å². The highest BCUT2D eigenvalue weighted by Gasteiger charge is 2.34. The van der Waals surface area contributed by atoms with E-state index in [1.165, 1.54) is 46.9 Å². The molecule has 4 aromatic rings. The lowest BCUT2D eigenvalue weighted by atomic mass is 9.84. The van der Waals surface area contributed by atoms with E-state index in [0.29, 0.717) is 24.9 Å². The Kier molecular flexibility index (Phi) is 13.3. The van der Waals surface area contributed by atoms with E-state index in [2.05, 4.69) is 15.6 Å². The Morgan fingerprint density at radius 2 is 1.49 bits per heavy atom. The fraction of sp³-hybridized carbons (Fsp3) is 0.324. The molecule has 0 bridgehead atoms. The number of sulfonamides is 1. The number of hydrogen-bond acceptors (Lipinski definition) is 8. The minimum absolute atomic E-state index is 0.0132. The zero-order valence-electron chi connectivity index (χ0n) is 27.8. The molecule has 1 heterocycles. The van der Waals surface area contributed by atoms with E-state index < -0.39 is 39.8 Å². The molecule has 12 heteroatoms. The molecule has 260 valence electrons. The van der Waals surface area contributed by atoms with Crippen LogP contribution in [0.4, 0.5) is 5.69 Å². The number of amides is 2. The van der Waals surface area contributed by atoms with Crippen LogP contribution in [0.1, 0.15) is 60.6 Å². The van der Waals surface area contributed by atoms with Crippen molar-refractivity contribution in [1.29, 1.82) is 0 Å². The highest BCUT2D eigenvalue weighted by molar-refractivity contribution is 7.89. The number of nitrogen functional groups attached to an aromatic ring is 1. The van der Waals surface area contributed by atoms with Gasteiger partial charge in [-0.3, -0.25) is 9.59 Å². The summed E-state index contributed by atoms with van der Waals surface area (Å²) in [5.74, 6) is -2.00. The first-order valence-electron chi connectivity index (χ1n) is 16.3. The number of anilines is 1. The number of nitrogens with two attached hydrogens (primary N) is 1. The van der Waals surface area contributed by atoms with Gasteiger partial charge in [-0.05, 0) is 66.3 Å². The summed E-state index contributed by atoms with van der Waals surface area (Å²) in [5.41, 5.74) is 7.62. The number of pyridine rings is 1. The van der Waals surface area contributed by atoms with E-state index in [1.807, 2.05) is 74.5 Å². The van der Waals surface area contributed by atoms with Crippen LogP contribution < -0.4 is 16.4 Å². The van der Waals surface area contributed by atoms with Gasteiger partial charge in [0.05, 0.1) is 11.5 Å². The van der Waals surface area contributed by atoms with E-state index in [-0.39, 0.29) is 42.0 Å². The van der Waals surface area contributed by atoms with Gasteiger partial charge < -0.3 is 26.6 Å². The summed E-state index contributed by atoms with van der Waals surface area (Å²) in [5, 5.41) is 26.4. The zero-order chi connectivity index (χ0) is 35.4. The van der Waals surface area contributed by atoms with Crippen molar-refractivity contribution in [2.75, 3.05) is 25.4 Å². The first-order chi connectivity index (χ1) is 23.5. The molecule has 0 aliphatic carbocycles. The fourth-order valence-corrected chi connectivity index (χ4v) is 7.52. The lowest BCUT2D eigenvalue weighted by Crippen LogP contribution is -2.50. The van der Waals surface area contributed by atoms with Gasteiger partial charge in [0.15, 0.2) is 5.69 Å². The van der Waals surface area contributed by atoms with Crippen LogP contribution in [0.2, 0.25) is 0 Å². The number of aliphatic hydroxyl groups is 1. The predicted molar refractivity (Wildman–Crippen MR) is 189 cm³/mol. The zero-order valence-corrected chi connectivity index (χ0v) is 28.6. The number of aromatic hydroxyl groups is 1. The molecule has 0 fully saturated rings. The molecule has 0 radical (unpaired) electrons. The summed E-state index contributed by atoms with van der Waals surface area (Å²) in [7, 11) is -3.91. The second kappa shape index (κ2) is 17.6. The van der Waals surface area contributed by atoms with Crippen molar-refractivity contribution in [3.8, 4) is 5.75 Å². The Balaban J connectivity index is 1.49. The highest BCUT2D eigenvalue weighted by atomic mass is 32.2. The van der Waals surface area contributed by atoms with Crippen LogP contribution in [0.25, 0.3) is 0 Å². The van der Waals surface area contributed by atoms with Crippen LogP contribution in [0.15, 0.2) is 108 Å². The van der Waals surface area contributed by atoms with Crippen LogP contribution >= 0.6 is 0 Å². The summed E-state index contributed by atoms with van der Waals surface area (Å²) in [6.07, 6.45) is 2.75. The number of unbranched alkanes of at least 4 members (excludes halogenated alkanes) is 1. The van der Waals surface area contributed by atoms with Crippen LogP contribution in [-0.4, -0.2) is 71.5 Å². The number of carbonyl (C=O) groups is 2. The molecular weight excluding hydrogens is 643 g/mol. The number of aromatic nitrogens is 1. The van der Waals surface area contributed by atoms with Crippen LogP contribution in [0.5, 0.6) is 5.75 Å². The third-order valence-corrected chi connectivity index (χ3v) is 10.1. The van der Waals surface area contributed by atoms with Crippen molar-refractivity contribution in [2.45, 2.75) is 56.0 Å². The third kappa shape index (κ3) is 9.88. The third-order valence-electron chi connectivity index (χ3n) is 8.13. The number of hydrogen-bond donors (Lipinski definition) is 5. The van der Waals surface area contributed by atoms with Gasteiger partial charge in [0, 0.05) is 36.9 Å². The molecule has 3 aromatic carbocycles. The average Bonchev–Trinajstić information content (AvgIpc) is 3.10. The lowest BCUT2D eigenvalue weighted by Gasteiger charge is -2.31. The van der Waals surface area contributed by atoms with Crippen LogP contribution in [0.3, 0.4) is 0 Å². The molecule has 0 saturated heterocycles. The molecule has 2 atom stereocenters.